The van der Waals surface area contributed by atoms with Gasteiger partial charge in [0.15, 0.2) is 5.69 Å². The maximum absolute atomic E-state index is 12.8. The first-order valence-corrected chi connectivity index (χ1v) is 10.1. The first-order valence-electron chi connectivity index (χ1n) is 10.1. The molecule has 0 atom stereocenters. The van der Waals surface area contributed by atoms with Gasteiger partial charge in [0.1, 0.15) is 12.4 Å². The molecule has 0 aliphatic rings. The molecule has 1 amide bonds. The highest BCUT2D eigenvalue weighted by molar-refractivity contribution is 6.03. The maximum Gasteiger partial charge on any atom is 0.278 e. The van der Waals surface area contributed by atoms with Gasteiger partial charge in [-0.1, -0.05) is 29.5 Å². The summed E-state index contributed by atoms with van der Waals surface area (Å²) in [5.74, 6) is 0.0604. The predicted molar refractivity (Wildman–Crippen MR) is 123 cm³/mol. The zero-order valence-electron chi connectivity index (χ0n) is 18.0. The fourth-order valence-electron chi connectivity index (χ4n) is 3.27. The number of non-ortho nitro benzene ring substituents is 1. The van der Waals surface area contributed by atoms with Crippen LogP contribution in [0.5, 0.6) is 5.75 Å². The standard InChI is InChI=1S/C24H18N6O4/c1-16-23(27-28-29(16)20-8-4-9-21(13-20)30(32)33)24(31)26-19-7-3-10-22(12-19)34-15-18-6-2-5-17(11-18)14-25/h2-13H,15H2,1H3,(H,26,31). The Bertz CT molecular complexity index is 1420. The van der Waals surface area contributed by atoms with Gasteiger partial charge >= 0.3 is 0 Å². The van der Waals surface area contributed by atoms with E-state index in [2.05, 4.69) is 21.7 Å². The molecule has 10 heteroatoms. The number of nitro groups is 1. The number of anilines is 1. The van der Waals surface area contributed by atoms with Gasteiger partial charge in [-0.15, -0.1) is 5.10 Å². The van der Waals surface area contributed by atoms with Gasteiger partial charge in [0.05, 0.1) is 27.9 Å². The lowest BCUT2D eigenvalue weighted by Gasteiger charge is -2.09. The number of nitrogens with one attached hydrogen (secondary N) is 1. The van der Waals surface area contributed by atoms with Crippen molar-refractivity contribution in [3.8, 4) is 17.5 Å². The van der Waals surface area contributed by atoms with Gasteiger partial charge in [0.25, 0.3) is 11.6 Å². The Hall–Kier alpha value is -5.04. The van der Waals surface area contributed by atoms with Crippen molar-refractivity contribution in [2.45, 2.75) is 13.5 Å². The van der Waals surface area contributed by atoms with E-state index >= 15 is 0 Å². The predicted octanol–water partition coefficient (Wildman–Crippen LogP) is 4.19. The molecule has 34 heavy (non-hydrogen) atoms. The van der Waals surface area contributed by atoms with Crippen LogP contribution in [0.25, 0.3) is 5.69 Å². The molecule has 0 aliphatic heterocycles. The third-order valence-electron chi connectivity index (χ3n) is 4.95. The molecule has 3 aromatic carbocycles. The van der Waals surface area contributed by atoms with Crippen LogP contribution in [-0.4, -0.2) is 25.8 Å². The van der Waals surface area contributed by atoms with Crippen LogP contribution >= 0.6 is 0 Å². The first-order chi connectivity index (χ1) is 16.4. The summed E-state index contributed by atoms with van der Waals surface area (Å²) < 4.78 is 7.16. The number of amides is 1. The zero-order chi connectivity index (χ0) is 24.1. The number of hydrogen-bond donors (Lipinski definition) is 1. The van der Waals surface area contributed by atoms with Gasteiger partial charge in [-0.3, -0.25) is 14.9 Å². The number of ether oxygens (including phenoxy) is 1. The summed E-state index contributed by atoms with van der Waals surface area (Å²) in [6.45, 7) is 1.92. The molecule has 0 radical (unpaired) electrons. The van der Waals surface area contributed by atoms with Gasteiger partial charge < -0.3 is 10.1 Å². The Labute approximate surface area is 194 Å². The van der Waals surface area contributed by atoms with E-state index in [1.54, 1.807) is 55.5 Å². The van der Waals surface area contributed by atoms with Crippen LogP contribution in [0.2, 0.25) is 0 Å². The number of nitriles is 1. The van der Waals surface area contributed by atoms with Crippen molar-refractivity contribution in [1.82, 2.24) is 15.0 Å². The van der Waals surface area contributed by atoms with E-state index < -0.39 is 10.8 Å². The van der Waals surface area contributed by atoms with Crippen LogP contribution < -0.4 is 10.1 Å². The number of carbonyl (C=O) groups is 1. The van der Waals surface area contributed by atoms with Crippen LogP contribution in [0.4, 0.5) is 11.4 Å². The van der Waals surface area contributed by atoms with Gasteiger partial charge in [0, 0.05) is 23.9 Å². The van der Waals surface area contributed by atoms with Crippen LogP contribution in [0.3, 0.4) is 0 Å². The quantitative estimate of drug-likeness (QED) is 0.327. The second-order valence-corrected chi connectivity index (χ2v) is 7.30. The monoisotopic (exact) mass is 454 g/mol. The zero-order valence-corrected chi connectivity index (χ0v) is 18.0. The number of nitro benzene ring substituents is 1. The third kappa shape index (κ3) is 4.89. The molecule has 4 aromatic rings. The molecule has 1 N–H and O–H groups in total. The first kappa shape index (κ1) is 22.2. The molecule has 1 aromatic heterocycles. The van der Waals surface area contributed by atoms with Crippen molar-refractivity contribution < 1.29 is 14.5 Å². The smallest absolute Gasteiger partial charge is 0.278 e. The van der Waals surface area contributed by atoms with Gasteiger partial charge in [0.2, 0.25) is 0 Å². The fourth-order valence-corrected chi connectivity index (χ4v) is 3.27. The summed E-state index contributed by atoms with van der Waals surface area (Å²) in [7, 11) is 0. The molecular formula is C24H18N6O4. The van der Waals surface area contributed by atoms with Crippen LogP contribution in [-0.2, 0) is 6.61 Å². The van der Waals surface area contributed by atoms with E-state index in [4.69, 9.17) is 10.00 Å². The van der Waals surface area contributed by atoms with Crippen LogP contribution in [0, 0.1) is 28.4 Å². The van der Waals surface area contributed by atoms with Crippen molar-refractivity contribution in [3.05, 3.63) is 105 Å². The minimum atomic E-state index is -0.501. The average Bonchev–Trinajstić information content (AvgIpc) is 3.24. The third-order valence-corrected chi connectivity index (χ3v) is 4.95. The molecule has 0 saturated heterocycles. The molecule has 10 nitrogen and oxygen atoms in total. The van der Waals surface area contributed by atoms with E-state index in [0.717, 1.165) is 5.56 Å². The van der Waals surface area contributed by atoms with Crippen molar-refractivity contribution in [2.75, 3.05) is 5.32 Å². The minimum absolute atomic E-state index is 0.0884. The van der Waals surface area contributed by atoms with Gasteiger partial charge in [-0.05, 0) is 42.8 Å². The van der Waals surface area contributed by atoms with Gasteiger partial charge in [-0.25, -0.2) is 4.68 Å². The van der Waals surface area contributed by atoms with Gasteiger partial charge in [-0.2, -0.15) is 5.26 Å². The van der Waals surface area contributed by atoms with E-state index in [-0.39, 0.29) is 18.0 Å². The molecule has 0 unspecified atom stereocenters. The fraction of sp³-hybridized carbons (Fsp3) is 0.0833. The number of rotatable bonds is 7. The molecule has 0 fully saturated rings. The summed E-state index contributed by atoms with van der Waals surface area (Å²) >= 11 is 0. The Morgan fingerprint density at radius 1 is 1.15 bits per heavy atom. The van der Waals surface area contributed by atoms with Crippen LogP contribution in [0.15, 0.2) is 72.8 Å². The van der Waals surface area contributed by atoms with Crippen LogP contribution in [0.1, 0.15) is 27.3 Å². The molecule has 168 valence electrons. The lowest BCUT2D eigenvalue weighted by molar-refractivity contribution is -0.384. The molecule has 0 saturated carbocycles. The topological polar surface area (TPSA) is 136 Å². The Balaban J connectivity index is 1.47. The Kier molecular flexibility index (Phi) is 6.27. The largest absolute Gasteiger partial charge is 0.489 e. The normalized spacial score (nSPS) is 10.4. The highest BCUT2D eigenvalue weighted by Crippen LogP contribution is 2.21. The van der Waals surface area contributed by atoms with Crippen molar-refractivity contribution in [1.29, 1.82) is 5.26 Å². The molecule has 0 aliphatic carbocycles. The highest BCUT2D eigenvalue weighted by atomic mass is 16.6. The number of carbonyl (C=O) groups excluding carboxylic acids is 1. The summed E-state index contributed by atoms with van der Waals surface area (Å²) in [4.78, 5) is 23.4. The van der Waals surface area contributed by atoms with Crippen molar-refractivity contribution >= 4 is 17.3 Å². The van der Waals surface area contributed by atoms with Crippen molar-refractivity contribution in [3.63, 3.8) is 0 Å². The molecular weight excluding hydrogens is 436 g/mol. The molecule has 1 heterocycles. The SMILES string of the molecule is Cc1c(C(=O)Nc2cccc(OCc3cccc(C#N)c3)c2)nnn1-c1cccc([N+](=O)[O-])c1. The second-order valence-electron chi connectivity index (χ2n) is 7.30. The Morgan fingerprint density at radius 2 is 1.94 bits per heavy atom. The van der Waals surface area contributed by atoms with E-state index in [1.807, 2.05) is 6.07 Å². The maximum atomic E-state index is 12.8. The van der Waals surface area contributed by atoms with E-state index in [9.17, 15) is 14.9 Å². The second kappa shape index (κ2) is 9.62. The molecule has 0 spiro atoms. The molecule has 0 bridgehead atoms. The summed E-state index contributed by atoms with van der Waals surface area (Å²) in [6.07, 6.45) is 0. The number of nitrogens with zero attached hydrogens (tertiary/aromatic N) is 5. The highest BCUT2D eigenvalue weighted by Gasteiger charge is 2.19. The molecule has 4 rings (SSSR count). The Morgan fingerprint density at radius 3 is 2.74 bits per heavy atom. The van der Waals surface area contributed by atoms with Crippen molar-refractivity contribution in [2.24, 2.45) is 0 Å². The van der Waals surface area contributed by atoms with E-state index in [0.29, 0.717) is 28.4 Å². The number of aromatic nitrogens is 3. The lowest BCUT2D eigenvalue weighted by atomic mass is 10.1. The summed E-state index contributed by atoms with van der Waals surface area (Å²) in [5.41, 5.74) is 2.76. The summed E-state index contributed by atoms with van der Waals surface area (Å²) in [6, 6.07) is 22.0. The summed E-state index contributed by atoms with van der Waals surface area (Å²) in [5, 5.41) is 30.7. The average molecular weight is 454 g/mol. The van der Waals surface area contributed by atoms with E-state index in [1.165, 1.54) is 22.9 Å². The number of hydrogen-bond acceptors (Lipinski definition) is 7. The lowest BCUT2D eigenvalue weighted by Crippen LogP contribution is -2.14. The number of benzene rings is 3. The minimum Gasteiger partial charge on any atom is -0.489 e.